The van der Waals surface area contributed by atoms with E-state index in [-0.39, 0.29) is 16.8 Å². The molecule has 2 atom stereocenters. The van der Waals surface area contributed by atoms with Crippen molar-refractivity contribution in [2.75, 3.05) is 19.1 Å². The van der Waals surface area contributed by atoms with Crippen LogP contribution in [0.4, 0.5) is 0 Å². The summed E-state index contributed by atoms with van der Waals surface area (Å²) in [4.78, 5) is 12.1. The molecule has 1 aromatic rings. The Hall–Kier alpha value is -1.09. The Bertz CT molecular complexity index is 588. The Morgan fingerprint density at radius 1 is 1.32 bits per heavy atom. The number of hydrogen-bond acceptors (Lipinski definition) is 5. The maximum absolute atomic E-state index is 12.0. The molecule has 1 amide bonds. The highest BCUT2D eigenvalue weighted by atomic mass is 32.2. The first kappa shape index (κ1) is 19.0. The Kier molecular flexibility index (Phi) is 7.34. The molecule has 0 bridgehead atoms. The Labute approximate surface area is 136 Å². The van der Waals surface area contributed by atoms with E-state index in [2.05, 4.69) is 10.0 Å². The fourth-order valence-corrected chi connectivity index (χ4v) is 3.05. The lowest BCUT2D eigenvalue weighted by Gasteiger charge is -2.18. The van der Waals surface area contributed by atoms with Crippen LogP contribution >= 0.6 is 11.8 Å². The monoisotopic (exact) mass is 345 g/mol. The van der Waals surface area contributed by atoms with Gasteiger partial charge in [-0.1, -0.05) is 12.1 Å². The van der Waals surface area contributed by atoms with Crippen molar-refractivity contribution in [3.05, 3.63) is 29.8 Å². The minimum atomic E-state index is -3.45. The van der Waals surface area contributed by atoms with Gasteiger partial charge >= 0.3 is 0 Å². The molecular formula is C14H23N3O3S2. The van der Waals surface area contributed by atoms with Crippen LogP contribution in [0.5, 0.6) is 0 Å². The first-order chi connectivity index (χ1) is 10.3. The van der Waals surface area contributed by atoms with Gasteiger partial charge in [0.2, 0.25) is 15.9 Å². The molecule has 0 aliphatic heterocycles. The van der Waals surface area contributed by atoms with Gasteiger partial charge in [0.15, 0.2) is 0 Å². The zero-order chi connectivity index (χ0) is 16.8. The summed E-state index contributed by atoms with van der Waals surface area (Å²) in [6.07, 6.45) is 2.59. The lowest BCUT2D eigenvalue weighted by molar-refractivity contribution is -0.123. The maximum atomic E-state index is 12.0. The number of hydrogen-bond donors (Lipinski definition) is 3. The van der Waals surface area contributed by atoms with Crippen LogP contribution in [0.25, 0.3) is 0 Å². The topological polar surface area (TPSA) is 101 Å². The van der Waals surface area contributed by atoms with E-state index in [4.69, 9.17) is 5.73 Å². The molecule has 0 saturated carbocycles. The molecule has 1 aromatic carbocycles. The van der Waals surface area contributed by atoms with E-state index in [0.717, 1.165) is 11.3 Å². The van der Waals surface area contributed by atoms with Crippen molar-refractivity contribution >= 4 is 27.7 Å². The summed E-state index contributed by atoms with van der Waals surface area (Å²) in [6, 6.07) is 5.62. The second kappa shape index (κ2) is 8.52. The molecule has 22 heavy (non-hydrogen) atoms. The summed E-state index contributed by atoms with van der Waals surface area (Å²) in [5.74, 6) is 0.632. The van der Waals surface area contributed by atoms with Crippen molar-refractivity contribution in [1.82, 2.24) is 10.0 Å². The van der Waals surface area contributed by atoms with Gasteiger partial charge in [0, 0.05) is 0 Å². The van der Waals surface area contributed by atoms with Crippen molar-refractivity contribution in [1.29, 1.82) is 0 Å². The molecule has 0 radical (unpaired) electrons. The van der Waals surface area contributed by atoms with Crippen molar-refractivity contribution in [2.45, 2.75) is 30.3 Å². The van der Waals surface area contributed by atoms with E-state index in [1.807, 2.05) is 13.2 Å². The van der Waals surface area contributed by atoms with Crippen molar-refractivity contribution in [2.24, 2.45) is 5.73 Å². The predicted octanol–water partition coefficient (Wildman–Crippen LogP) is 0.852. The number of thioether (sulfide) groups is 1. The van der Waals surface area contributed by atoms with Gasteiger partial charge in [-0.15, -0.1) is 0 Å². The van der Waals surface area contributed by atoms with Gasteiger partial charge in [0.05, 0.1) is 17.0 Å². The molecule has 0 fully saturated rings. The third-order valence-corrected chi connectivity index (χ3v) is 5.36. The van der Waals surface area contributed by atoms with Crippen LogP contribution in [-0.4, -0.2) is 39.4 Å². The number of nitrogens with one attached hydrogen (secondary N) is 2. The predicted molar refractivity (Wildman–Crippen MR) is 90.2 cm³/mol. The lowest BCUT2D eigenvalue weighted by atomic mass is 10.1. The molecule has 0 saturated heterocycles. The van der Waals surface area contributed by atoms with Crippen LogP contribution in [0.2, 0.25) is 0 Å². The Balaban J connectivity index is 2.70. The van der Waals surface area contributed by atoms with Crippen LogP contribution in [0, 0.1) is 0 Å². The van der Waals surface area contributed by atoms with Gasteiger partial charge in [-0.05, 0) is 50.1 Å². The van der Waals surface area contributed by atoms with Crippen LogP contribution in [0.3, 0.4) is 0 Å². The molecule has 124 valence electrons. The van der Waals surface area contributed by atoms with Crippen LogP contribution < -0.4 is 15.8 Å². The van der Waals surface area contributed by atoms with Gasteiger partial charge in [0.25, 0.3) is 0 Å². The normalized spacial score (nSPS) is 14.4. The fraction of sp³-hybridized carbons (Fsp3) is 0.500. The smallest absolute Gasteiger partial charge is 0.240 e. The van der Waals surface area contributed by atoms with Gasteiger partial charge in [0.1, 0.15) is 0 Å². The number of benzene rings is 1. The van der Waals surface area contributed by atoms with Gasteiger partial charge in [-0.3, -0.25) is 4.79 Å². The fourth-order valence-electron chi connectivity index (χ4n) is 1.83. The molecule has 0 heterocycles. The van der Waals surface area contributed by atoms with E-state index >= 15 is 0 Å². The van der Waals surface area contributed by atoms with E-state index < -0.39 is 16.1 Å². The van der Waals surface area contributed by atoms with Gasteiger partial charge in [-0.2, -0.15) is 11.8 Å². The number of rotatable bonds is 8. The summed E-state index contributed by atoms with van der Waals surface area (Å²) in [5, 5.41) is 2.84. The zero-order valence-corrected chi connectivity index (χ0v) is 14.6. The molecule has 0 spiro atoms. The van der Waals surface area contributed by atoms with Crippen molar-refractivity contribution in [3.63, 3.8) is 0 Å². The first-order valence-corrected chi connectivity index (χ1v) is 9.78. The SMILES string of the molecule is CNS(=O)(=O)c1ccc(C(C)NC(=O)[C@@H](N)CCSC)cc1. The number of sulfonamides is 1. The van der Waals surface area contributed by atoms with E-state index in [1.54, 1.807) is 23.9 Å². The molecule has 0 aromatic heterocycles. The van der Waals surface area contributed by atoms with Crippen molar-refractivity contribution < 1.29 is 13.2 Å². The van der Waals surface area contributed by atoms with E-state index in [1.165, 1.54) is 19.2 Å². The van der Waals surface area contributed by atoms with Crippen molar-refractivity contribution in [3.8, 4) is 0 Å². The van der Waals surface area contributed by atoms with Crippen LogP contribution in [-0.2, 0) is 14.8 Å². The first-order valence-electron chi connectivity index (χ1n) is 6.90. The third kappa shape index (κ3) is 5.28. The number of amides is 1. The minimum Gasteiger partial charge on any atom is -0.348 e. The van der Waals surface area contributed by atoms with E-state index in [0.29, 0.717) is 6.42 Å². The van der Waals surface area contributed by atoms with Gasteiger partial charge in [-0.25, -0.2) is 13.1 Å². The second-order valence-electron chi connectivity index (χ2n) is 4.89. The Morgan fingerprint density at radius 2 is 1.91 bits per heavy atom. The summed E-state index contributed by atoms with van der Waals surface area (Å²) >= 11 is 1.65. The number of nitrogens with two attached hydrogens (primary N) is 1. The van der Waals surface area contributed by atoms with Crippen LogP contribution in [0.1, 0.15) is 24.9 Å². The highest BCUT2D eigenvalue weighted by Gasteiger charge is 2.17. The third-order valence-electron chi connectivity index (χ3n) is 3.29. The summed E-state index contributed by atoms with van der Waals surface area (Å²) < 4.78 is 25.6. The molecule has 4 N–H and O–H groups in total. The molecule has 1 unspecified atom stereocenters. The van der Waals surface area contributed by atoms with Crippen LogP contribution in [0.15, 0.2) is 29.2 Å². The highest BCUT2D eigenvalue weighted by Crippen LogP contribution is 2.16. The summed E-state index contributed by atoms with van der Waals surface area (Å²) in [5.41, 5.74) is 6.64. The number of carbonyl (C=O) groups is 1. The largest absolute Gasteiger partial charge is 0.348 e. The average molecular weight is 345 g/mol. The minimum absolute atomic E-state index is 0.189. The zero-order valence-electron chi connectivity index (χ0n) is 13.0. The highest BCUT2D eigenvalue weighted by molar-refractivity contribution is 7.98. The lowest BCUT2D eigenvalue weighted by Crippen LogP contribution is -2.41. The molecule has 6 nitrogen and oxygen atoms in total. The number of carbonyl (C=O) groups excluding carboxylic acids is 1. The quantitative estimate of drug-likeness (QED) is 0.648. The molecule has 1 rings (SSSR count). The summed E-state index contributed by atoms with van der Waals surface area (Å²) in [6.45, 7) is 1.83. The standard InChI is InChI=1S/C14H23N3O3S2/c1-10(17-14(18)13(15)8-9-21-3)11-4-6-12(7-5-11)22(19,20)16-2/h4-7,10,13,16H,8-9,15H2,1-3H3,(H,17,18)/t10?,13-/m0/s1. The van der Waals surface area contributed by atoms with Gasteiger partial charge < -0.3 is 11.1 Å². The molecule has 0 aliphatic carbocycles. The second-order valence-corrected chi connectivity index (χ2v) is 7.77. The molecular weight excluding hydrogens is 322 g/mol. The Morgan fingerprint density at radius 3 is 2.41 bits per heavy atom. The summed E-state index contributed by atoms with van der Waals surface area (Å²) in [7, 11) is -2.08. The molecule has 8 heteroatoms. The molecule has 0 aliphatic rings. The average Bonchev–Trinajstić information content (AvgIpc) is 2.52. The maximum Gasteiger partial charge on any atom is 0.240 e. The van der Waals surface area contributed by atoms with E-state index in [9.17, 15) is 13.2 Å².